The highest BCUT2D eigenvalue weighted by molar-refractivity contribution is 4.82. The van der Waals surface area contributed by atoms with Gasteiger partial charge in [-0.25, -0.2) is 0 Å². The molecule has 0 saturated carbocycles. The van der Waals surface area contributed by atoms with E-state index < -0.39 is 0 Å². The number of aliphatic hydroxyl groups is 1. The van der Waals surface area contributed by atoms with Crippen LogP contribution in [0.5, 0.6) is 0 Å². The van der Waals surface area contributed by atoms with Crippen molar-refractivity contribution in [2.75, 3.05) is 19.7 Å². The zero-order chi connectivity index (χ0) is 10.2. The molecule has 0 aliphatic carbocycles. The zero-order valence-electron chi connectivity index (χ0n) is 8.90. The molecule has 2 atom stereocenters. The summed E-state index contributed by atoms with van der Waals surface area (Å²) in [5, 5.41) is 11.1. The van der Waals surface area contributed by atoms with Crippen molar-refractivity contribution in [3.8, 4) is 0 Å². The van der Waals surface area contributed by atoms with Crippen molar-refractivity contribution in [1.29, 1.82) is 0 Å². The summed E-state index contributed by atoms with van der Waals surface area (Å²) in [4.78, 5) is 5.30. The van der Waals surface area contributed by atoms with Gasteiger partial charge in [-0.05, 0) is 26.7 Å². The van der Waals surface area contributed by atoms with Crippen LogP contribution in [0.4, 0.5) is 0 Å². The van der Waals surface area contributed by atoms with Crippen LogP contribution in [0.15, 0.2) is 0 Å². The first-order valence-corrected chi connectivity index (χ1v) is 5.29. The van der Waals surface area contributed by atoms with E-state index in [-0.39, 0.29) is 17.8 Å². The maximum atomic E-state index is 9.27. The molecular weight excluding hydrogens is 182 g/mol. The summed E-state index contributed by atoms with van der Waals surface area (Å²) >= 11 is 0. The topological polar surface area (TPSA) is 41.9 Å². The summed E-state index contributed by atoms with van der Waals surface area (Å²) in [7, 11) is 0. The number of ether oxygens (including phenoxy) is 1. The lowest BCUT2D eigenvalue weighted by atomic mass is 10.1. The molecule has 82 valence electrons. The van der Waals surface area contributed by atoms with E-state index in [0.29, 0.717) is 13.2 Å². The number of nitrogens with zero attached hydrogens (tertiary/aromatic N) is 1. The average Bonchev–Trinajstić information content (AvgIpc) is 2.59. The van der Waals surface area contributed by atoms with Crippen LogP contribution in [-0.4, -0.2) is 47.7 Å². The van der Waals surface area contributed by atoms with Gasteiger partial charge in [0, 0.05) is 0 Å². The summed E-state index contributed by atoms with van der Waals surface area (Å²) < 4.78 is 5.84. The Hall–Kier alpha value is -0.160. The molecule has 0 bridgehead atoms. The Morgan fingerprint density at radius 1 is 1.50 bits per heavy atom. The van der Waals surface area contributed by atoms with Crippen LogP contribution in [-0.2, 0) is 9.57 Å². The smallest absolute Gasteiger partial charge is 0.0958 e. The SMILES string of the molecule is CC1(C)CCC(CN2CC(O)CO2)O1. The molecule has 2 aliphatic heterocycles. The molecule has 0 radical (unpaired) electrons. The van der Waals surface area contributed by atoms with Crippen LogP contribution in [0, 0.1) is 0 Å². The molecule has 4 heteroatoms. The van der Waals surface area contributed by atoms with Gasteiger partial charge >= 0.3 is 0 Å². The summed E-state index contributed by atoms with van der Waals surface area (Å²) in [6, 6.07) is 0. The van der Waals surface area contributed by atoms with Gasteiger partial charge in [0.15, 0.2) is 0 Å². The Morgan fingerprint density at radius 3 is 2.79 bits per heavy atom. The largest absolute Gasteiger partial charge is 0.389 e. The quantitative estimate of drug-likeness (QED) is 0.708. The van der Waals surface area contributed by atoms with E-state index in [9.17, 15) is 5.11 Å². The van der Waals surface area contributed by atoms with Gasteiger partial charge in [-0.2, -0.15) is 5.06 Å². The van der Waals surface area contributed by atoms with Crippen molar-refractivity contribution in [1.82, 2.24) is 5.06 Å². The number of β-amino-alcohol motifs (C(OH)–C–C–N with tert-alkyl or cyclic N) is 1. The Kier molecular flexibility index (Phi) is 2.79. The predicted octanol–water partition coefficient (Wildman–Crippen LogP) is 0.552. The molecule has 2 unspecified atom stereocenters. The normalized spacial score (nSPS) is 37.9. The van der Waals surface area contributed by atoms with Crippen LogP contribution in [0.2, 0.25) is 0 Å². The molecule has 14 heavy (non-hydrogen) atoms. The minimum absolute atomic E-state index is 0.0169. The third-order valence-electron chi connectivity index (χ3n) is 2.83. The van der Waals surface area contributed by atoms with Gasteiger partial charge in [0.2, 0.25) is 0 Å². The highest BCUT2D eigenvalue weighted by Crippen LogP contribution is 2.30. The Balaban J connectivity index is 1.76. The third-order valence-corrected chi connectivity index (χ3v) is 2.83. The van der Waals surface area contributed by atoms with E-state index in [1.54, 1.807) is 0 Å². The van der Waals surface area contributed by atoms with Gasteiger partial charge < -0.3 is 9.84 Å². The maximum absolute atomic E-state index is 9.27. The molecule has 2 fully saturated rings. The Labute approximate surface area is 84.7 Å². The summed E-state index contributed by atoms with van der Waals surface area (Å²) in [5.74, 6) is 0. The number of rotatable bonds is 2. The maximum Gasteiger partial charge on any atom is 0.0958 e. The monoisotopic (exact) mass is 201 g/mol. The van der Waals surface area contributed by atoms with Crippen LogP contribution in [0.3, 0.4) is 0 Å². The van der Waals surface area contributed by atoms with Crippen molar-refractivity contribution in [3.05, 3.63) is 0 Å². The second kappa shape index (κ2) is 3.77. The van der Waals surface area contributed by atoms with Gasteiger partial charge in [0.25, 0.3) is 0 Å². The molecule has 0 aromatic carbocycles. The minimum Gasteiger partial charge on any atom is -0.389 e. The molecular formula is C10H19NO3. The first kappa shape index (κ1) is 10.4. The highest BCUT2D eigenvalue weighted by Gasteiger charge is 2.34. The number of hydrogen-bond donors (Lipinski definition) is 1. The molecule has 0 amide bonds. The van der Waals surface area contributed by atoms with Crippen molar-refractivity contribution >= 4 is 0 Å². The lowest BCUT2D eigenvalue weighted by molar-refractivity contribution is -0.141. The van der Waals surface area contributed by atoms with E-state index in [2.05, 4.69) is 13.8 Å². The molecule has 1 N–H and O–H groups in total. The first-order chi connectivity index (χ1) is 6.55. The molecule has 2 aliphatic rings. The van der Waals surface area contributed by atoms with Crippen molar-refractivity contribution in [3.63, 3.8) is 0 Å². The summed E-state index contributed by atoms with van der Waals surface area (Å²) in [6.07, 6.45) is 2.12. The number of aliphatic hydroxyl groups excluding tert-OH is 1. The minimum atomic E-state index is -0.329. The molecule has 0 aromatic rings. The first-order valence-electron chi connectivity index (χ1n) is 5.29. The average molecular weight is 201 g/mol. The lowest BCUT2D eigenvalue weighted by Crippen LogP contribution is -2.32. The third kappa shape index (κ3) is 2.45. The fourth-order valence-electron chi connectivity index (χ4n) is 2.09. The van der Waals surface area contributed by atoms with Gasteiger partial charge in [0.1, 0.15) is 0 Å². The van der Waals surface area contributed by atoms with E-state index in [1.165, 1.54) is 0 Å². The van der Waals surface area contributed by atoms with Crippen LogP contribution in [0.1, 0.15) is 26.7 Å². The molecule has 0 spiro atoms. The van der Waals surface area contributed by atoms with Gasteiger partial charge in [-0.1, -0.05) is 0 Å². The highest BCUT2D eigenvalue weighted by atomic mass is 16.7. The standard InChI is InChI=1S/C10H19NO3/c1-10(2)4-3-9(14-10)6-11-5-8(12)7-13-11/h8-9,12H,3-7H2,1-2H3. The van der Waals surface area contributed by atoms with Gasteiger partial charge in [-0.15, -0.1) is 0 Å². The summed E-state index contributed by atoms with van der Waals surface area (Å²) in [6.45, 7) is 6.05. The number of hydrogen-bond acceptors (Lipinski definition) is 4. The van der Waals surface area contributed by atoms with Crippen LogP contribution < -0.4 is 0 Å². The van der Waals surface area contributed by atoms with E-state index >= 15 is 0 Å². The van der Waals surface area contributed by atoms with Gasteiger partial charge in [0.05, 0.1) is 37.5 Å². The molecule has 2 rings (SSSR count). The van der Waals surface area contributed by atoms with Crippen molar-refractivity contribution in [2.45, 2.75) is 44.5 Å². The lowest BCUT2D eigenvalue weighted by Gasteiger charge is -2.22. The Bertz CT molecular complexity index is 208. The molecule has 4 nitrogen and oxygen atoms in total. The van der Waals surface area contributed by atoms with E-state index in [1.807, 2.05) is 5.06 Å². The summed E-state index contributed by atoms with van der Waals surface area (Å²) in [5.41, 5.74) is 0.0169. The zero-order valence-corrected chi connectivity index (χ0v) is 8.90. The van der Waals surface area contributed by atoms with Crippen LogP contribution >= 0.6 is 0 Å². The van der Waals surface area contributed by atoms with E-state index in [0.717, 1.165) is 19.4 Å². The predicted molar refractivity (Wildman–Crippen MR) is 51.7 cm³/mol. The van der Waals surface area contributed by atoms with Gasteiger partial charge in [-0.3, -0.25) is 4.84 Å². The van der Waals surface area contributed by atoms with E-state index in [4.69, 9.17) is 9.57 Å². The second-order valence-electron chi connectivity index (χ2n) is 4.83. The van der Waals surface area contributed by atoms with Crippen LogP contribution in [0.25, 0.3) is 0 Å². The fourth-order valence-corrected chi connectivity index (χ4v) is 2.09. The number of hydroxylamine groups is 2. The molecule has 2 saturated heterocycles. The Morgan fingerprint density at radius 2 is 2.29 bits per heavy atom. The second-order valence-corrected chi connectivity index (χ2v) is 4.83. The van der Waals surface area contributed by atoms with Crippen molar-refractivity contribution in [2.24, 2.45) is 0 Å². The van der Waals surface area contributed by atoms with Crippen molar-refractivity contribution < 1.29 is 14.7 Å². The molecule has 2 heterocycles. The molecule has 0 aromatic heterocycles. The fraction of sp³-hybridized carbons (Fsp3) is 1.00.